The molecule has 5 nitrogen and oxygen atoms in total. The van der Waals surface area contributed by atoms with Crippen LogP contribution in [0.3, 0.4) is 0 Å². The van der Waals surface area contributed by atoms with Gasteiger partial charge in [-0.25, -0.2) is 12.7 Å². The Morgan fingerprint density at radius 2 is 1.67 bits per heavy atom. The Labute approximate surface area is 128 Å². The van der Waals surface area contributed by atoms with Gasteiger partial charge in [0.2, 0.25) is 15.9 Å². The third kappa shape index (κ3) is 3.77. The Morgan fingerprint density at radius 1 is 1.10 bits per heavy atom. The lowest BCUT2D eigenvalue weighted by Gasteiger charge is -2.35. The van der Waals surface area contributed by atoms with Gasteiger partial charge >= 0.3 is 0 Å². The Kier molecular flexibility index (Phi) is 5.66. The lowest BCUT2D eigenvalue weighted by Crippen LogP contribution is -2.47. The first kappa shape index (κ1) is 16.7. The van der Waals surface area contributed by atoms with E-state index in [1.54, 1.807) is 11.2 Å². The van der Waals surface area contributed by atoms with Crippen molar-refractivity contribution >= 4 is 15.9 Å². The van der Waals surface area contributed by atoms with Gasteiger partial charge in [0.25, 0.3) is 0 Å². The molecule has 1 aliphatic heterocycles. The molecule has 0 aromatic heterocycles. The van der Waals surface area contributed by atoms with Crippen LogP contribution in [0.5, 0.6) is 0 Å². The molecule has 1 aliphatic carbocycles. The molecule has 0 atom stereocenters. The minimum Gasteiger partial charge on any atom is -0.340 e. The smallest absolute Gasteiger partial charge is 0.226 e. The first-order valence-electron chi connectivity index (χ1n) is 8.28. The van der Waals surface area contributed by atoms with Crippen molar-refractivity contribution < 1.29 is 13.2 Å². The molecule has 2 fully saturated rings. The summed E-state index contributed by atoms with van der Waals surface area (Å²) in [5, 5.41) is 0. The summed E-state index contributed by atoms with van der Waals surface area (Å²) in [4.78, 5) is 14.7. The summed E-state index contributed by atoms with van der Waals surface area (Å²) in [6.45, 7) is 5.49. The number of hydrogen-bond donors (Lipinski definition) is 0. The van der Waals surface area contributed by atoms with E-state index in [-0.39, 0.29) is 17.6 Å². The van der Waals surface area contributed by atoms with Gasteiger partial charge in [-0.15, -0.1) is 0 Å². The minimum atomic E-state index is -3.10. The van der Waals surface area contributed by atoms with Gasteiger partial charge in [0.1, 0.15) is 0 Å². The average Bonchev–Trinajstić information content (AvgIpc) is 3.02. The molecule has 0 radical (unpaired) electrons. The molecule has 122 valence electrons. The van der Waals surface area contributed by atoms with Crippen LogP contribution in [0.15, 0.2) is 0 Å². The molecular formula is C15H28N2O3S. The van der Waals surface area contributed by atoms with E-state index in [1.807, 2.05) is 11.8 Å². The predicted molar refractivity (Wildman–Crippen MR) is 83.4 cm³/mol. The van der Waals surface area contributed by atoms with Gasteiger partial charge in [-0.05, 0) is 39.5 Å². The maximum atomic E-state index is 12.7. The molecule has 21 heavy (non-hydrogen) atoms. The zero-order valence-electron chi connectivity index (χ0n) is 13.3. The summed E-state index contributed by atoms with van der Waals surface area (Å²) in [6.07, 6.45) is 6.04. The SMILES string of the molecule is CCN(C(=O)C1CCN(S(=O)(=O)CC)CC1)C1CCCC1. The van der Waals surface area contributed by atoms with Gasteiger partial charge in [-0.3, -0.25) is 4.79 Å². The Balaban J connectivity index is 1.93. The first-order valence-corrected chi connectivity index (χ1v) is 9.88. The fourth-order valence-electron chi connectivity index (χ4n) is 3.61. The highest BCUT2D eigenvalue weighted by molar-refractivity contribution is 7.89. The van der Waals surface area contributed by atoms with Crippen LogP contribution in [0.1, 0.15) is 52.4 Å². The van der Waals surface area contributed by atoms with Crippen LogP contribution in [0, 0.1) is 5.92 Å². The summed E-state index contributed by atoms with van der Waals surface area (Å²) in [6, 6.07) is 0.417. The second-order valence-electron chi connectivity index (χ2n) is 6.14. The molecule has 1 saturated heterocycles. The van der Waals surface area contributed by atoms with Crippen LogP contribution in [-0.4, -0.2) is 55.0 Å². The zero-order valence-corrected chi connectivity index (χ0v) is 14.1. The van der Waals surface area contributed by atoms with E-state index in [2.05, 4.69) is 0 Å². The van der Waals surface area contributed by atoms with Gasteiger partial charge in [0.15, 0.2) is 0 Å². The van der Waals surface area contributed by atoms with Crippen LogP contribution in [0.2, 0.25) is 0 Å². The fourth-order valence-corrected chi connectivity index (χ4v) is 4.74. The zero-order chi connectivity index (χ0) is 15.5. The lowest BCUT2D eigenvalue weighted by molar-refractivity contribution is -0.138. The normalized spacial score (nSPS) is 22.6. The standard InChI is InChI=1S/C15H28N2O3S/c1-3-17(14-7-5-6-8-14)15(18)13-9-11-16(12-10-13)21(19,20)4-2/h13-14H,3-12H2,1-2H3. The molecule has 2 aliphatic rings. The molecule has 0 N–H and O–H groups in total. The number of hydrogen-bond acceptors (Lipinski definition) is 3. The van der Waals surface area contributed by atoms with Crippen molar-refractivity contribution in [2.24, 2.45) is 5.92 Å². The third-order valence-corrected chi connectivity index (χ3v) is 6.83. The summed E-state index contributed by atoms with van der Waals surface area (Å²) in [5.41, 5.74) is 0. The maximum Gasteiger partial charge on any atom is 0.226 e. The van der Waals surface area contributed by atoms with Crippen LogP contribution in [0.4, 0.5) is 0 Å². The summed E-state index contributed by atoms with van der Waals surface area (Å²) >= 11 is 0. The summed E-state index contributed by atoms with van der Waals surface area (Å²) in [5.74, 6) is 0.404. The molecule has 0 bridgehead atoms. The van der Waals surface area contributed by atoms with E-state index in [4.69, 9.17) is 0 Å². The number of carbonyl (C=O) groups excluding carboxylic acids is 1. The molecule has 0 aromatic rings. The molecule has 0 spiro atoms. The first-order chi connectivity index (χ1) is 9.99. The molecule has 0 unspecified atom stereocenters. The van der Waals surface area contributed by atoms with E-state index in [0.29, 0.717) is 32.0 Å². The molecule has 0 aromatic carbocycles. The van der Waals surface area contributed by atoms with Gasteiger partial charge in [0.05, 0.1) is 5.75 Å². The van der Waals surface area contributed by atoms with Crippen molar-refractivity contribution in [3.63, 3.8) is 0 Å². The van der Waals surface area contributed by atoms with Crippen LogP contribution in [0.25, 0.3) is 0 Å². The monoisotopic (exact) mass is 316 g/mol. The highest BCUT2D eigenvalue weighted by Crippen LogP contribution is 2.28. The highest BCUT2D eigenvalue weighted by atomic mass is 32.2. The van der Waals surface area contributed by atoms with E-state index >= 15 is 0 Å². The van der Waals surface area contributed by atoms with Gasteiger partial charge in [0, 0.05) is 31.6 Å². The van der Waals surface area contributed by atoms with Crippen LogP contribution in [-0.2, 0) is 14.8 Å². The Hall–Kier alpha value is -0.620. The number of nitrogens with zero attached hydrogens (tertiary/aromatic N) is 2. The largest absolute Gasteiger partial charge is 0.340 e. The lowest BCUT2D eigenvalue weighted by atomic mass is 9.95. The number of sulfonamides is 1. The van der Waals surface area contributed by atoms with E-state index in [9.17, 15) is 13.2 Å². The molecule has 1 amide bonds. The van der Waals surface area contributed by atoms with E-state index in [0.717, 1.165) is 19.4 Å². The van der Waals surface area contributed by atoms with Gasteiger partial charge in [-0.2, -0.15) is 0 Å². The fraction of sp³-hybridized carbons (Fsp3) is 0.933. The van der Waals surface area contributed by atoms with Crippen molar-refractivity contribution in [3.8, 4) is 0 Å². The van der Waals surface area contributed by atoms with Crippen molar-refractivity contribution in [1.29, 1.82) is 0 Å². The van der Waals surface area contributed by atoms with Crippen LogP contribution >= 0.6 is 0 Å². The second-order valence-corrected chi connectivity index (χ2v) is 8.39. The van der Waals surface area contributed by atoms with Crippen molar-refractivity contribution in [2.45, 2.75) is 58.4 Å². The quantitative estimate of drug-likeness (QED) is 0.777. The minimum absolute atomic E-state index is 0.00820. The molecular weight excluding hydrogens is 288 g/mol. The number of piperidine rings is 1. The molecule has 2 rings (SSSR count). The maximum absolute atomic E-state index is 12.7. The topological polar surface area (TPSA) is 57.7 Å². The van der Waals surface area contributed by atoms with Gasteiger partial charge in [-0.1, -0.05) is 12.8 Å². The van der Waals surface area contributed by atoms with E-state index < -0.39 is 10.0 Å². The number of carbonyl (C=O) groups is 1. The summed E-state index contributed by atoms with van der Waals surface area (Å²) < 4.78 is 25.3. The van der Waals surface area contributed by atoms with Crippen molar-refractivity contribution in [3.05, 3.63) is 0 Å². The molecule has 6 heteroatoms. The number of rotatable bonds is 5. The summed E-state index contributed by atoms with van der Waals surface area (Å²) in [7, 11) is -3.10. The average molecular weight is 316 g/mol. The Bertz CT molecular complexity index is 450. The number of amides is 1. The Morgan fingerprint density at radius 3 is 2.14 bits per heavy atom. The van der Waals surface area contributed by atoms with Crippen molar-refractivity contribution in [1.82, 2.24) is 9.21 Å². The molecule has 1 saturated carbocycles. The highest BCUT2D eigenvalue weighted by Gasteiger charge is 2.34. The predicted octanol–water partition coefficient (Wildman–Crippen LogP) is 1.84. The van der Waals surface area contributed by atoms with Crippen molar-refractivity contribution in [2.75, 3.05) is 25.4 Å². The van der Waals surface area contributed by atoms with Crippen LogP contribution < -0.4 is 0 Å². The second kappa shape index (κ2) is 7.09. The molecule has 1 heterocycles. The third-order valence-electron chi connectivity index (χ3n) is 4.95. The van der Waals surface area contributed by atoms with E-state index in [1.165, 1.54) is 12.8 Å². The van der Waals surface area contributed by atoms with Gasteiger partial charge < -0.3 is 4.90 Å².